The first kappa shape index (κ1) is 16.3. The van der Waals surface area contributed by atoms with Crippen LogP contribution in [0.2, 0.25) is 0 Å². The second-order valence-electron chi connectivity index (χ2n) is 6.26. The molecule has 0 N–H and O–H groups in total. The SMILES string of the molecule is COC(=O)C1C=c2c(ccn2C=C2CC=CN=C2c2cccnc2)=CC1. The Labute approximate surface area is 151 Å². The molecule has 0 aromatic carbocycles. The molecule has 130 valence electrons. The van der Waals surface area contributed by atoms with E-state index in [1.807, 2.05) is 42.9 Å². The van der Waals surface area contributed by atoms with E-state index in [4.69, 9.17) is 4.74 Å². The number of pyridine rings is 1. The van der Waals surface area contributed by atoms with Crippen molar-refractivity contribution in [3.63, 3.8) is 0 Å². The molecule has 0 saturated heterocycles. The van der Waals surface area contributed by atoms with Gasteiger partial charge in [-0.1, -0.05) is 12.2 Å². The Bertz CT molecular complexity index is 1040. The fraction of sp³-hybridized carbons (Fsp3) is 0.190. The summed E-state index contributed by atoms with van der Waals surface area (Å²) >= 11 is 0. The van der Waals surface area contributed by atoms with Gasteiger partial charge < -0.3 is 9.30 Å². The number of aliphatic imine (C=N–C) groups is 1. The van der Waals surface area contributed by atoms with Crippen molar-refractivity contribution in [1.82, 2.24) is 9.55 Å². The molecule has 0 radical (unpaired) electrons. The molecule has 5 heteroatoms. The second kappa shape index (κ2) is 6.96. The van der Waals surface area contributed by atoms with E-state index in [2.05, 4.69) is 32.9 Å². The van der Waals surface area contributed by atoms with Gasteiger partial charge in [-0.15, -0.1) is 0 Å². The molecule has 0 amide bonds. The number of aromatic nitrogens is 2. The lowest BCUT2D eigenvalue weighted by molar-refractivity contribution is -0.143. The predicted octanol–water partition coefficient (Wildman–Crippen LogP) is 1.88. The summed E-state index contributed by atoms with van der Waals surface area (Å²) in [6, 6.07) is 5.99. The highest BCUT2D eigenvalue weighted by molar-refractivity contribution is 6.15. The molecule has 0 bridgehead atoms. The highest BCUT2D eigenvalue weighted by Crippen LogP contribution is 2.18. The minimum Gasteiger partial charge on any atom is -0.469 e. The van der Waals surface area contributed by atoms with Gasteiger partial charge in [0.15, 0.2) is 0 Å². The third-order valence-electron chi connectivity index (χ3n) is 4.62. The van der Waals surface area contributed by atoms with Crippen molar-refractivity contribution in [3.05, 3.63) is 70.8 Å². The zero-order valence-electron chi connectivity index (χ0n) is 14.5. The number of ether oxygens (including phenoxy) is 1. The molecule has 1 unspecified atom stereocenters. The van der Waals surface area contributed by atoms with Crippen LogP contribution in [0.15, 0.2) is 59.6 Å². The van der Waals surface area contributed by atoms with Gasteiger partial charge in [-0.3, -0.25) is 14.8 Å². The molecule has 2 aromatic heterocycles. The number of carbonyl (C=O) groups excluding carboxylic acids is 1. The zero-order chi connectivity index (χ0) is 17.9. The minimum absolute atomic E-state index is 0.203. The van der Waals surface area contributed by atoms with Crippen LogP contribution in [-0.2, 0) is 9.53 Å². The van der Waals surface area contributed by atoms with Gasteiger partial charge in [0.2, 0.25) is 0 Å². The van der Waals surface area contributed by atoms with Gasteiger partial charge in [0.25, 0.3) is 0 Å². The monoisotopic (exact) mass is 345 g/mol. The summed E-state index contributed by atoms with van der Waals surface area (Å²) in [4.78, 5) is 20.7. The second-order valence-corrected chi connectivity index (χ2v) is 6.26. The van der Waals surface area contributed by atoms with Crippen LogP contribution < -0.4 is 10.6 Å². The Kier molecular flexibility index (Phi) is 4.35. The third kappa shape index (κ3) is 3.04. The molecule has 1 aliphatic carbocycles. The van der Waals surface area contributed by atoms with Gasteiger partial charge in [-0.25, -0.2) is 0 Å². The van der Waals surface area contributed by atoms with Gasteiger partial charge in [-0.05, 0) is 47.9 Å². The maximum Gasteiger partial charge on any atom is 0.312 e. The lowest BCUT2D eigenvalue weighted by Gasteiger charge is -2.14. The standard InChI is InChI=1S/C21H19N3O2/c1-26-21(25)16-7-6-15-8-11-24(19(15)12-16)14-18-5-3-10-23-20(18)17-4-2-9-22-13-17/h2-4,6,8-14,16H,5,7H2,1H3. The van der Waals surface area contributed by atoms with E-state index in [9.17, 15) is 4.79 Å². The maximum atomic E-state index is 11.9. The van der Waals surface area contributed by atoms with Crippen molar-refractivity contribution in [2.45, 2.75) is 12.8 Å². The van der Waals surface area contributed by atoms with Crippen molar-refractivity contribution in [3.8, 4) is 0 Å². The first-order valence-electron chi connectivity index (χ1n) is 8.57. The molecule has 0 saturated carbocycles. The lowest BCUT2D eigenvalue weighted by Crippen LogP contribution is -2.33. The molecule has 3 heterocycles. The third-order valence-corrected chi connectivity index (χ3v) is 4.62. The molecule has 0 fully saturated rings. The Hall–Kier alpha value is -3.21. The summed E-state index contributed by atoms with van der Waals surface area (Å²) < 4.78 is 6.95. The normalized spacial score (nSPS) is 20.0. The minimum atomic E-state index is -0.239. The number of methoxy groups -OCH3 is 1. The van der Waals surface area contributed by atoms with Crippen molar-refractivity contribution in [1.29, 1.82) is 0 Å². The largest absolute Gasteiger partial charge is 0.469 e. The van der Waals surface area contributed by atoms with Crippen molar-refractivity contribution in [2.24, 2.45) is 10.9 Å². The van der Waals surface area contributed by atoms with E-state index < -0.39 is 0 Å². The van der Waals surface area contributed by atoms with E-state index >= 15 is 0 Å². The fourth-order valence-electron chi connectivity index (χ4n) is 3.30. The predicted molar refractivity (Wildman–Crippen MR) is 102 cm³/mol. The molecule has 26 heavy (non-hydrogen) atoms. The number of nitrogens with zero attached hydrogens (tertiary/aromatic N) is 3. The van der Waals surface area contributed by atoms with E-state index in [0.29, 0.717) is 6.42 Å². The summed E-state index contributed by atoms with van der Waals surface area (Å²) in [7, 11) is 1.43. The van der Waals surface area contributed by atoms with Crippen LogP contribution in [-0.4, -0.2) is 28.3 Å². The van der Waals surface area contributed by atoms with Gasteiger partial charge in [0.1, 0.15) is 0 Å². The maximum absolute atomic E-state index is 11.9. The van der Waals surface area contributed by atoms with Crippen molar-refractivity contribution in [2.75, 3.05) is 7.11 Å². The summed E-state index contributed by atoms with van der Waals surface area (Å²) in [5.74, 6) is -0.442. The average molecular weight is 345 g/mol. The van der Waals surface area contributed by atoms with E-state index in [0.717, 1.165) is 33.8 Å². The van der Waals surface area contributed by atoms with E-state index in [1.165, 1.54) is 7.11 Å². The number of esters is 1. The van der Waals surface area contributed by atoms with E-state index in [1.54, 1.807) is 6.20 Å². The molecule has 1 aliphatic heterocycles. The number of allylic oxidation sites excluding steroid dienone is 2. The summed E-state index contributed by atoms with van der Waals surface area (Å²) in [6.45, 7) is 0. The van der Waals surface area contributed by atoms with Crippen molar-refractivity contribution < 1.29 is 9.53 Å². The summed E-state index contributed by atoms with van der Waals surface area (Å²) in [5, 5.41) is 2.15. The van der Waals surface area contributed by atoms with Crippen LogP contribution >= 0.6 is 0 Å². The highest BCUT2D eigenvalue weighted by Gasteiger charge is 2.18. The molecule has 2 aliphatic rings. The summed E-state index contributed by atoms with van der Waals surface area (Å²) in [6.07, 6.45) is 17.1. The number of hydrogen-bond acceptors (Lipinski definition) is 4. The Morgan fingerprint density at radius 1 is 1.38 bits per heavy atom. The van der Waals surface area contributed by atoms with Crippen LogP contribution in [0.25, 0.3) is 18.4 Å². The number of carbonyl (C=O) groups is 1. The number of rotatable bonds is 3. The number of hydrogen-bond donors (Lipinski definition) is 0. The first-order valence-corrected chi connectivity index (χ1v) is 8.57. The quantitative estimate of drug-likeness (QED) is 0.798. The molecule has 1 atom stereocenters. The van der Waals surface area contributed by atoms with E-state index in [-0.39, 0.29) is 11.9 Å². The molecule has 5 nitrogen and oxygen atoms in total. The topological polar surface area (TPSA) is 56.5 Å². The molecule has 0 spiro atoms. The average Bonchev–Trinajstić information content (AvgIpc) is 3.10. The molecular weight excluding hydrogens is 326 g/mol. The molecule has 4 rings (SSSR count). The Balaban J connectivity index is 1.76. The summed E-state index contributed by atoms with van der Waals surface area (Å²) in [5.41, 5.74) is 3.02. The van der Waals surface area contributed by atoms with Gasteiger partial charge in [0.05, 0.1) is 18.7 Å². The smallest absolute Gasteiger partial charge is 0.312 e. The highest BCUT2D eigenvalue weighted by atomic mass is 16.5. The van der Waals surface area contributed by atoms with Crippen LogP contribution in [0.1, 0.15) is 18.4 Å². The molecule has 2 aromatic rings. The zero-order valence-corrected chi connectivity index (χ0v) is 14.5. The van der Waals surface area contributed by atoms with Crippen LogP contribution in [0.4, 0.5) is 0 Å². The molecular formula is C21H19N3O2. The van der Waals surface area contributed by atoms with Gasteiger partial charge >= 0.3 is 5.97 Å². The van der Waals surface area contributed by atoms with Crippen LogP contribution in [0.5, 0.6) is 0 Å². The first-order chi connectivity index (χ1) is 12.8. The number of fused-ring (bicyclic) bond motifs is 1. The Morgan fingerprint density at radius 3 is 3.12 bits per heavy atom. The van der Waals surface area contributed by atoms with Gasteiger partial charge in [-0.2, -0.15) is 0 Å². The van der Waals surface area contributed by atoms with Gasteiger partial charge in [0, 0.05) is 41.9 Å². The fourth-order valence-corrected chi connectivity index (χ4v) is 3.30. The Morgan fingerprint density at radius 2 is 2.31 bits per heavy atom. The van der Waals surface area contributed by atoms with Crippen LogP contribution in [0.3, 0.4) is 0 Å². The van der Waals surface area contributed by atoms with Crippen molar-refractivity contribution >= 4 is 30.0 Å². The van der Waals surface area contributed by atoms with Crippen LogP contribution in [0, 0.1) is 5.92 Å². The lowest BCUT2D eigenvalue weighted by atomic mass is 9.99.